The highest BCUT2D eigenvalue weighted by atomic mass is 35.5. The molecule has 6 nitrogen and oxygen atoms in total. The zero-order chi connectivity index (χ0) is 22.4. The summed E-state index contributed by atoms with van der Waals surface area (Å²) in [6.45, 7) is 1.65. The van der Waals surface area contributed by atoms with Crippen LogP contribution in [-0.4, -0.2) is 25.7 Å². The lowest BCUT2D eigenvalue weighted by Crippen LogP contribution is -2.42. The standard InChI is InChI=1S/C20H14Cl2N2O4S3/c1-13-11-19-18(12-17(13)22)29-20(23-15-9-7-14(21)8-10-15)24(31(19,27)28)30(25,26)16-5-3-2-4-6-16/h2-12H,1H3. The van der Waals surface area contributed by atoms with Crippen molar-refractivity contribution in [1.29, 1.82) is 0 Å². The van der Waals surface area contributed by atoms with Crippen molar-refractivity contribution in [2.45, 2.75) is 21.6 Å². The number of thioether (sulfide) groups is 1. The maximum absolute atomic E-state index is 13.5. The molecule has 0 saturated heterocycles. The van der Waals surface area contributed by atoms with E-state index in [1.54, 1.807) is 37.3 Å². The lowest BCUT2D eigenvalue weighted by molar-refractivity contribution is 0.545. The van der Waals surface area contributed by atoms with Crippen LogP contribution in [0, 0.1) is 6.92 Å². The van der Waals surface area contributed by atoms with Gasteiger partial charge in [0.05, 0.1) is 10.6 Å². The molecule has 3 aromatic carbocycles. The quantitative estimate of drug-likeness (QED) is 0.464. The third-order valence-electron chi connectivity index (χ3n) is 4.39. The van der Waals surface area contributed by atoms with E-state index in [0.29, 0.717) is 29.9 Å². The zero-order valence-corrected chi connectivity index (χ0v) is 19.8. The van der Waals surface area contributed by atoms with Crippen molar-refractivity contribution in [3.8, 4) is 0 Å². The van der Waals surface area contributed by atoms with E-state index in [1.807, 2.05) is 0 Å². The summed E-state index contributed by atoms with van der Waals surface area (Å²) in [6.07, 6.45) is 0. The van der Waals surface area contributed by atoms with Crippen molar-refractivity contribution < 1.29 is 16.8 Å². The molecule has 0 aliphatic carbocycles. The Balaban J connectivity index is 1.99. The first-order valence-electron chi connectivity index (χ1n) is 8.78. The molecule has 0 aromatic heterocycles. The summed E-state index contributed by atoms with van der Waals surface area (Å²) in [5.74, 6) is 0. The largest absolute Gasteiger partial charge is 0.280 e. The first-order valence-corrected chi connectivity index (χ1v) is 13.2. The van der Waals surface area contributed by atoms with Crippen molar-refractivity contribution >= 4 is 65.9 Å². The van der Waals surface area contributed by atoms with Gasteiger partial charge in [0.2, 0.25) is 0 Å². The number of hydrogen-bond acceptors (Lipinski definition) is 6. The normalized spacial score (nSPS) is 16.9. The number of rotatable bonds is 3. The highest BCUT2D eigenvalue weighted by Gasteiger charge is 2.45. The Morgan fingerprint density at radius 3 is 2.26 bits per heavy atom. The number of amidine groups is 1. The van der Waals surface area contributed by atoms with Gasteiger partial charge in [0.1, 0.15) is 4.90 Å². The van der Waals surface area contributed by atoms with E-state index in [2.05, 4.69) is 4.99 Å². The van der Waals surface area contributed by atoms with Gasteiger partial charge in [0.25, 0.3) is 20.0 Å². The molecular formula is C20H14Cl2N2O4S3. The Morgan fingerprint density at radius 1 is 0.968 bits per heavy atom. The van der Waals surface area contributed by atoms with Gasteiger partial charge in [-0.3, -0.25) is 0 Å². The average Bonchev–Trinajstić information content (AvgIpc) is 2.71. The van der Waals surface area contributed by atoms with E-state index in [4.69, 9.17) is 23.2 Å². The second-order valence-corrected chi connectivity index (χ2v) is 12.2. The Morgan fingerprint density at radius 2 is 1.61 bits per heavy atom. The molecule has 0 unspecified atom stereocenters. The molecule has 0 bridgehead atoms. The smallest absolute Gasteiger partial charge is 0.223 e. The van der Waals surface area contributed by atoms with Gasteiger partial charge in [-0.1, -0.05) is 41.4 Å². The van der Waals surface area contributed by atoms with Gasteiger partial charge in [0, 0.05) is 14.9 Å². The van der Waals surface area contributed by atoms with Gasteiger partial charge in [-0.15, -0.1) is 3.71 Å². The molecule has 160 valence electrons. The molecule has 1 aliphatic rings. The lowest BCUT2D eigenvalue weighted by Gasteiger charge is -2.30. The molecule has 1 aliphatic heterocycles. The number of benzene rings is 3. The number of aliphatic imine (C=N–C) groups is 1. The summed E-state index contributed by atoms with van der Waals surface area (Å²) in [5, 5.41) is 0.597. The van der Waals surface area contributed by atoms with Crippen LogP contribution in [-0.2, 0) is 20.0 Å². The van der Waals surface area contributed by atoms with Crippen LogP contribution >= 0.6 is 35.0 Å². The summed E-state index contributed by atoms with van der Waals surface area (Å²) < 4.78 is 54.3. The number of nitrogens with zero attached hydrogens (tertiary/aromatic N) is 2. The highest BCUT2D eigenvalue weighted by molar-refractivity contribution is 8.19. The second kappa shape index (κ2) is 8.14. The molecule has 1 heterocycles. The summed E-state index contributed by atoms with van der Waals surface area (Å²) >= 11 is 13.0. The molecule has 0 radical (unpaired) electrons. The predicted octanol–water partition coefficient (Wildman–Crippen LogP) is 5.47. The minimum Gasteiger partial charge on any atom is -0.223 e. The highest BCUT2D eigenvalue weighted by Crippen LogP contribution is 2.43. The fourth-order valence-electron chi connectivity index (χ4n) is 2.86. The van der Waals surface area contributed by atoms with Crippen LogP contribution in [0.2, 0.25) is 10.0 Å². The van der Waals surface area contributed by atoms with Crippen molar-refractivity contribution in [2.75, 3.05) is 0 Å². The Kier molecular flexibility index (Phi) is 5.82. The molecule has 4 rings (SSSR count). The fraction of sp³-hybridized carbons (Fsp3) is 0.0500. The van der Waals surface area contributed by atoms with E-state index in [1.165, 1.54) is 36.4 Å². The molecule has 0 saturated carbocycles. The van der Waals surface area contributed by atoms with Crippen LogP contribution in [0.3, 0.4) is 0 Å². The third kappa shape index (κ3) is 4.08. The van der Waals surface area contributed by atoms with Crippen molar-refractivity contribution in [1.82, 2.24) is 3.71 Å². The van der Waals surface area contributed by atoms with Gasteiger partial charge in [-0.25, -0.2) is 4.99 Å². The van der Waals surface area contributed by atoms with Gasteiger partial charge in [-0.05, 0) is 72.8 Å². The molecule has 3 aromatic rings. The molecule has 0 fully saturated rings. The SMILES string of the molecule is Cc1cc2c(cc1Cl)SC(=Nc1ccc(Cl)cc1)N(S(=O)(=O)c1ccccc1)S2(=O)=O. The number of halogens is 2. The molecule has 11 heteroatoms. The molecule has 0 N–H and O–H groups in total. The molecular weight excluding hydrogens is 499 g/mol. The first-order chi connectivity index (χ1) is 14.6. The van der Waals surface area contributed by atoms with Crippen LogP contribution in [0.4, 0.5) is 5.69 Å². The monoisotopic (exact) mass is 512 g/mol. The van der Waals surface area contributed by atoms with E-state index in [0.717, 1.165) is 11.8 Å². The van der Waals surface area contributed by atoms with Crippen LogP contribution in [0.15, 0.2) is 86.4 Å². The van der Waals surface area contributed by atoms with Crippen LogP contribution in [0.5, 0.6) is 0 Å². The molecule has 0 amide bonds. The number of hydrogen-bond donors (Lipinski definition) is 0. The third-order valence-corrected chi connectivity index (χ3v) is 10.6. The molecule has 0 spiro atoms. The van der Waals surface area contributed by atoms with E-state index < -0.39 is 20.0 Å². The number of aryl methyl sites for hydroxylation is 1. The zero-order valence-electron chi connectivity index (χ0n) is 15.9. The maximum atomic E-state index is 13.5. The minimum absolute atomic E-state index is 0.144. The van der Waals surface area contributed by atoms with Crippen molar-refractivity contribution in [3.63, 3.8) is 0 Å². The Bertz CT molecular complexity index is 1410. The summed E-state index contributed by atoms with van der Waals surface area (Å²) in [4.78, 5) is 4.30. The fourth-order valence-corrected chi connectivity index (χ4v) is 8.76. The van der Waals surface area contributed by atoms with Crippen molar-refractivity contribution in [2.24, 2.45) is 4.99 Å². The van der Waals surface area contributed by atoms with Gasteiger partial charge < -0.3 is 0 Å². The lowest BCUT2D eigenvalue weighted by atomic mass is 10.2. The minimum atomic E-state index is -4.50. The summed E-state index contributed by atoms with van der Waals surface area (Å²) in [5.41, 5.74) is 0.858. The summed E-state index contributed by atoms with van der Waals surface area (Å²) in [6, 6.07) is 16.5. The predicted molar refractivity (Wildman–Crippen MR) is 123 cm³/mol. The van der Waals surface area contributed by atoms with Crippen LogP contribution in [0.1, 0.15) is 5.56 Å². The number of sulfonamides is 2. The van der Waals surface area contributed by atoms with Crippen LogP contribution in [0.25, 0.3) is 0 Å². The van der Waals surface area contributed by atoms with Crippen LogP contribution < -0.4 is 0 Å². The average molecular weight is 513 g/mol. The topological polar surface area (TPSA) is 83.9 Å². The molecule has 0 atom stereocenters. The number of fused-ring (bicyclic) bond motifs is 1. The van der Waals surface area contributed by atoms with E-state index >= 15 is 0 Å². The maximum Gasteiger partial charge on any atom is 0.280 e. The van der Waals surface area contributed by atoms with E-state index in [9.17, 15) is 16.8 Å². The summed E-state index contributed by atoms with van der Waals surface area (Å²) in [7, 11) is -8.97. The van der Waals surface area contributed by atoms with Gasteiger partial charge in [0.15, 0.2) is 5.17 Å². The Labute approximate surface area is 194 Å². The van der Waals surface area contributed by atoms with E-state index in [-0.39, 0.29) is 15.0 Å². The van der Waals surface area contributed by atoms with Gasteiger partial charge in [-0.2, -0.15) is 16.8 Å². The second-order valence-electron chi connectivity index (χ2n) is 6.54. The van der Waals surface area contributed by atoms with Crippen molar-refractivity contribution in [3.05, 3.63) is 82.3 Å². The van der Waals surface area contributed by atoms with Gasteiger partial charge >= 0.3 is 0 Å². The first kappa shape index (κ1) is 22.2. The Hall–Kier alpha value is -2.04. The molecule has 31 heavy (non-hydrogen) atoms.